The Morgan fingerprint density at radius 1 is 0.926 bits per heavy atom. The molecule has 1 aromatic carbocycles. The highest BCUT2D eigenvalue weighted by atomic mass is 32.2. The van der Waals surface area contributed by atoms with Crippen LogP contribution < -0.4 is 0 Å². The molecule has 1 aliphatic heterocycles. The molecule has 9 heteroatoms. The van der Waals surface area contributed by atoms with E-state index in [1.807, 2.05) is 0 Å². The second-order valence-corrected chi connectivity index (χ2v) is 8.53. The number of hydrogen-bond donors (Lipinski definition) is 0. The first kappa shape index (κ1) is 19.1. The van der Waals surface area contributed by atoms with Crippen LogP contribution in [-0.2, 0) is 10.0 Å². The molecule has 144 valence electrons. The van der Waals surface area contributed by atoms with Gasteiger partial charge in [-0.25, -0.2) is 12.7 Å². The Kier molecular flexibility index (Phi) is 5.33. The lowest BCUT2D eigenvalue weighted by Gasteiger charge is -2.34. The minimum atomic E-state index is -3.53. The third-order valence-electron chi connectivity index (χ3n) is 4.47. The maximum atomic E-state index is 12.6. The summed E-state index contributed by atoms with van der Waals surface area (Å²) in [7, 11) is -0.615. The monoisotopic (exact) mass is 391 g/mol. The van der Waals surface area contributed by atoms with Crippen LogP contribution in [0.5, 0.6) is 0 Å². The van der Waals surface area contributed by atoms with Crippen molar-refractivity contribution in [3.63, 3.8) is 0 Å². The van der Waals surface area contributed by atoms with E-state index in [0.29, 0.717) is 31.7 Å². The standard InChI is InChI=1S/C18H21N3O5S/c1-19(2)27(24,25)15-7-5-14(6-8-15)17(22)20-9-11-21(12-10-20)18(23)16-4-3-13-26-16/h3-8,13H,9-12H2,1-2H3. The largest absolute Gasteiger partial charge is 0.459 e. The van der Waals surface area contributed by atoms with Crippen LogP contribution in [0, 0.1) is 0 Å². The maximum Gasteiger partial charge on any atom is 0.289 e. The quantitative estimate of drug-likeness (QED) is 0.779. The second-order valence-electron chi connectivity index (χ2n) is 6.37. The molecule has 0 N–H and O–H groups in total. The van der Waals surface area contributed by atoms with Crippen LogP contribution in [0.3, 0.4) is 0 Å². The lowest BCUT2D eigenvalue weighted by atomic mass is 10.2. The summed E-state index contributed by atoms with van der Waals surface area (Å²) in [5.74, 6) is -0.0910. The molecule has 1 fully saturated rings. The molecule has 0 atom stereocenters. The zero-order valence-electron chi connectivity index (χ0n) is 15.2. The van der Waals surface area contributed by atoms with Crippen LogP contribution in [0.1, 0.15) is 20.9 Å². The number of hydrogen-bond acceptors (Lipinski definition) is 5. The summed E-state index contributed by atoms with van der Waals surface area (Å²) < 4.78 is 30.4. The third kappa shape index (κ3) is 3.88. The summed E-state index contributed by atoms with van der Waals surface area (Å²) in [5, 5.41) is 0. The summed E-state index contributed by atoms with van der Waals surface area (Å²) in [6, 6.07) is 9.16. The van der Waals surface area contributed by atoms with Gasteiger partial charge in [-0.2, -0.15) is 0 Å². The highest BCUT2D eigenvalue weighted by molar-refractivity contribution is 7.89. The van der Waals surface area contributed by atoms with Crippen molar-refractivity contribution in [3.8, 4) is 0 Å². The molecule has 3 rings (SSSR count). The smallest absolute Gasteiger partial charge is 0.289 e. The third-order valence-corrected chi connectivity index (χ3v) is 6.30. The van der Waals surface area contributed by atoms with Crippen molar-refractivity contribution in [3.05, 3.63) is 54.0 Å². The van der Waals surface area contributed by atoms with Gasteiger partial charge in [0, 0.05) is 45.8 Å². The van der Waals surface area contributed by atoms with E-state index >= 15 is 0 Å². The van der Waals surface area contributed by atoms with E-state index in [-0.39, 0.29) is 22.5 Å². The topological polar surface area (TPSA) is 91.1 Å². The fraction of sp³-hybridized carbons (Fsp3) is 0.333. The highest BCUT2D eigenvalue weighted by Crippen LogP contribution is 2.16. The second kappa shape index (κ2) is 7.53. The zero-order valence-corrected chi connectivity index (χ0v) is 16.0. The average molecular weight is 391 g/mol. The van der Waals surface area contributed by atoms with Gasteiger partial charge >= 0.3 is 0 Å². The van der Waals surface area contributed by atoms with Crippen LogP contribution in [0.25, 0.3) is 0 Å². The summed E-state index contributed by atoms with van der Waals surface area (Å²) >= 11 is 0. The number of rotatable bonds is 4. The summed E-state index contributed by atoms with van der Waals surface area (Å²) in [6.45, 7) is 1.64. The van der Waals surface area contributed by atoms with E-state index in [1.165, 1.54) is 44.6 Å². The molecule has 2 amide bonds. The summed E-state index contributed by atoms with van der Waals surface area (Å²) in [6.07, 6.45) is 1.45. The number of carbonyl (C=O) groups is 2. The van der Waals surface area contributed by atoms with E-state index in [0.717, 1.165) is 4.31 Å². The Morgan fingerprint density at radius 2 is 1.48 bits per heavy atom. The number of benzene rings is 1. The van der Waals surface area contributed by atoms with Crippen molar-refractivity contribution in [2.75, 3.05) is 40.3 Å². The Balaban J connectivity index is 1.63. The van der Waals surface area contributed by atoms with Gasteiger partial charge in [0.05, 0.1) is 11.2 Å². The Labute approximate surface area is 158 Å². The summed E-state index contributed by atoms with van der Waals surface area (Å²) in [4.78, 5) is 28.3. The van der Waals surface area contributed by atoms with Gasteiger partial charge < -0.3 is 14.2 Å². The lowest BCUT2D eigenvalue weighted by Crippen LogP contribution is -2.50. The van der Waals surface area contributed by atoms with Gasteiger partial charge in [0.25, 0.3) is 11.8 Å². The van der Waals surface area contributed by atoms with Gasteiger partial charge in [-0.1, -0.05) is 0 Å². The molecule has 2 aromatic rings. The fourth-order valence-corrected chi connectivity index (χ4v) is 3.73. The van der Waals surface area contributed by atoms with Crippen molar-refractivity contribution in [1.29, 1.82) is 0 Å². The van der Waals surface area contributed by atoms with Crippen LogP contribution in [0.2, 0.25) is 0 Å². The minimum Gasteiger partial charge on any atom is -0.459 e. The number of furan rings is 1. The van der Waals surface area contributed by atoms with E-state index in [4.69, 9.17) is 4.42 Å². The fourth-order valence-electron chi connectivity index (χ4n) is 2.83. The zero-order chi connectivity index (χ0) is 19.6. The van der Waals surface area contributed by atoms with Gasteiger partial charge in [0.15, 0.2) is 5.76 Å². The number of carbonyl (C=O) groups excluding carboxylic acids is 2. The number of amides is 2. The molecule has 2 heterocycles. The molecule has 27 heavy (non-hydrogen) atoms. The first-order valence-corrected chi connectivity index (χ1v) is 9.89. The normalized spacial score (nSPS) is 15.2. The van der Waals surface area contributed by atoms with E-state index in [1.54, 1.807) is 21.9 Å². The number of nitrogens with zero attached hydrogens (tertiary/aromatic N) is 3. The van der Waals surface area contributed by atoms with Crippen molar-refractivity contribution < 1.29 is 22.4 Å². The molecule has 8 nitrogen and oxygen atoms in total. The van der Waals surface area contributed by atoms with Crippen LogP contribution in [0.4, 0.5) is 0 Å². The molecule has 0 saturated carbocycles. The van der Waals surface area contributed by atoms with Crippen molar-refractivity contribution in [1.82, 2.24) is 14.1 Å². The maximum absolute atomic E-state index is 12.6. The first-order chi connectivity index (χ1) is 12.8. The molecule has 0 aliphatic carbocycles. The van der Waals surface area contributed by atoms with Crippen molar-refractivity contribution in [2.24, 2.45) is 0 Å². The van der Waals surface area contributed by atoms with Crippen molar-refractivity contribution in [2.45, 2.75) is 4.90 Å². The Bertz CT molecular complexity index is 912. The van der Waals surface area contributed by atoms with E-state index in [2.05, 4.69) is 0 Å². The molecule has 0 unspecified atom stereocenters. The van der Waals surface area contributed by atoms with E-state index < -0.39 is 10.0 Å². The van der Waals surface area contributed by atoms with Gasteiger partial charge in [-0.15, -0.1) is 0 Å². The Morgan fingerprint density at radius 3 is 1.96 bits per heavy atom. The number of sulfonamides is 1. The first-order valence-electron chi connectivity index (χ1n) is 8.45. The van der Waals surface area contributed by atoms with Crippen LogP contribution in [0.15, 0.2) is 52.0 Å². The molecule has 0 radical (unpaired) electrons. The highest BCUT2D eigenvalue weighted by Gasteiger charge is 2.27. The van der Waals surface area contributed by atoms with E-state index in [9.17, 15) is 18.0 Å². The van der Waals surface area contributed by atoms with Gasteiger partial charge in [-0.05, 0) is 36.4 Å². The molecule has 1 saturated heterocycles. The molecule has 1 aromatic heterocycles. The van der Waals surface area contributed by atoms with Gasteiger partial charge in [-0.3, -0.25) is 9.59 Å². The molecule has 0 spiro atoms. The summed E-state index contributed by atoms with van der Waals surface area (Å²) in [5.41, 5.74) is 0.415. The minimum absolute atomic E-state index is 0.137. The van der Waals surface area contributed by atoms with Gasteiger partial charge in [0.2, 0.25) is 10.0 Å². The number of piperazine rings is 1. The molecule has 0 bridgehead atoms. The van der Waals surface area contributed by atoms with Crippen molar-refractivity contribution >= 4 is 21.8 Å². The van der Waals surface area contributed by atoms with Crippen LogP contribution >= 0.6 is 0 Å². The molecular formula is C18H21N3O5S. The molecule has 1 aliphatic rings. The average Bonchev–Trinajstić information content (AvgIpc) is 3.22. The van der Waals surface area contributed by atoms with Crippen LogP contribution in [-0.4, -0.2) is 74.6 Å². The SMILES string of the molecule is CN(C)S(=O)(=O)c1ccc(C(=O)N2CCN(C(=O)c3ccco3)CC2)cc1. The van der Waals surface area contributed by atoms with Gasteiger partial charge in [0.1, 0.15) is 0 Å². The lowest BCUT2D eigenvalue weighted by molar-refractivity contribution is 0.0518. The Hall–Kier alpha value is -2.65. The molecular weight excluding hydrogens is 370 g/mol. The predicted molar refractivity (Wildman–Crippen MR) is 97.8 cm³/mol. The predicted octanol–water partition coefficient (Wildman–Crippen LogP) is 1.13.